The van der Waals surface area contributed by atoms with E-state index in [4.69, 9.17) is 5.11 Å². The lowest BCUT2D eigenvalue weighted by Gasteiger charge is -2.18. The Bertz CT molecular complexity index is 591. The van der Waals surface area contributed by atoms with Crippen LogP contribution in [-0.2, 0) is 9.59 Å². The number of aryl methyl sites for hydroxylation is 1. The minimum absolute atomic E-state index is 0.0828. The average molecular weight is 322 g/mol. The van der Waals surface area contributed by atoms with Crippen molar-refractivity contribution >= 4 is 17.5 Å². The molecule has 1 aliphatic rings. The summed E-state index contributed by atoms with van der Waals surface area (Å²) in [4.78, 5) is 25.6. The van der Waals surface area contributed by atoms with Gasteiger partial charge in [0.05, 0.1) is 11.6 Å². The molecule has 0 saturated carbocycles. The van der Waals surface area contributed by atoms with Gasteiger partial charge in [0.25, 0.3) is 0 Å². The second-order valence-corrected chi connectivity index (χ2v) is 6.22. The van der Waals surface area contributed by atoms with Crippen molar-refractivity contribution in [2.75, 3.05) is 24.6 Å². The molecule has 1 aliphatic heterocycles. The molecule has 23 heavy (non-hydrogen) atoms. The zero-order chi connectivity index (χ0) is 17.0. The third-order valence-electron chi connectivity index (χ3n) is 4.14. The maximum absolute atomic E-state index is 14.0. The molecule has 0 aromatic heterocycles. The molecule has 0 bridgehead atoms. The Morgan fingerprint density at radius 1 is 1.52 bits per heavy atom. The molecule has 5 nitrogen and oxygen atoms in total. The predicted molar refractivity (Wildman–Crippen MR) is 85.5 cm³/mol. The fourth-order valence-corrected chi connectivity index (χ4v) is 2.69. The summed E-state index contributed by atoms with van der Waals surface area (Å²) in [6.45, 7) is 4.45. The van der Waals surface area contributed by atoms with Crippen LogP contribution in [0.3, 0.4) is 0 Å². The van der Waals surface area contributed by atoms with Crippen molar-refractivity contribution < 1.29 is 19.1 Å². The van der Waals surface area contributed by atoms with Crippen LogP contribution in [0.4, 0.5) is 10.1 Å². The molecule has 1 aromatic carbocycles. The van der Waals surface area contributed by atoms with Crippen molar-refractivity contribution in [3.63, 3.8) is 0 Å². The van der Waals surface area contributed by atoms with Gasteiger partial charge in [-0.15, -0.1) is 0 Å². The molecule has 2 N–H and O–H groups in total. The zero-order valence-electron chi connectivity index (χ0n) is 13.5. The topological polar surface area (TPSA) is 69.6 Å². The van der Waals surface area contributed by atoms with Crippen LogP contribution in [0.1, 0.15) is 25.3 Å². The number of hydrogen-bond acceptors (Lipinski definition) is 3. The van der Waals surface area contributed by atoms with E-state index >= 15 is 0 Å². The van der Waals surface area contributed by atoms with E-state index in [2.05, 4.69) is 5.32 Å². The molecule has 1 aromatic rings. The van der Waals surface area contributed by atoms with Gasteiger partial charge in [-0.25, -0.2) is 4.39 Å². The molecule has 0 aliphatic carbocycles. The summed E-state index contributed by atoms with van der Waals surface area (Å²) in [7, 11) is 0. The second-order valence-electron chi connectivity index (χ2n) is 6.22. The number of anilines is 1. The SMILES string of the molecule is Cc1ccc(N2CC(C(=O)NCC(C)CCO)CC2=O)c(F)c1. The molecule has 2 rings (SSSR count). The zero-order valence-corrected chi connectivity index (χ0v) is 13.5. The Morgan fingerprint density at radius 3 is 2.91 bits per heavy atom. The number of amides is 2. The summed E-state index contributed by atoms with van der Waals surface area (Å²) < 4.78 is 14.0. The first-order valence-corrected chi connectivity index (χ1v) is 7.87. The fraction of sp³-hybridized carbons (Fsp3) is 0.529. The number of carbonyl (C=O) groups excluding carboxylic acids is 2. The first kappa shape index (κ1) is 17.4. The highest BCUT2D eigenvalue weighted by Crippen LogP contribution is 2.28. The van der Waals surface area contributed by atoms with Crippen LogP contribution in [0.2, 0.25) is 0 Å². The summed E-state index contributed by atoms with van der Waals surface area (Å²) in [6.07, 6.45) is 0.706. The normalized spacial score (nSPS) is 19.0. The molecule has 0 spiro atoms. The van der Waals surface area contributed by atoms with Gasteiger partial charge in [-0.3, -0.25) is 9.59 Å². The van der Waals surface area contributed by atoms with E-state index in [1.54, 1.807) is 19.1 Å². The van der Waals surface area contributed by atoms with E-state index in [0.29, 0.717) is 13.0 Å². The van der Waals surface area contributed by atoms with E-state index < -0.39 is 11.7 Å². The van der Waals surface area contributed by atoms with Gasteiger partial charge < -0.3 is 15.3 Å². The largest absolute Gasteiger partial charge is 0.396 e. The summed E-state index contributed by atoms with van der Waals surface area (Å²) in [5.74, 6) is -1.18. The van der Waals surface area contributed by atoms with E-state index in [1.165, 1.54) is 11.0 Å². The Morgan fingerprint density at radius 2 is 2.26 bits per heavy atom. The van der Waals surface area contributed by atoms with Crippen molar-refractivity contribution in [2.45, 2.75) is 26.7 Å². The van der Waals surface area contributed by atoms with Crippen LogP contribution in [0.15, 0.2) is 18.2 Å². The van der Waals surface area contributed by atoms with Crippen LogP contribution in [0, 0.1) is 24.6 Å². The Kier molecular flexibility index (Phi) is 5.71. The molecule has 0 radical (unpaired) electrons. The lowest BCUT2D eigenvalue weighted by molar-refractivity contribution is -0.126. The van der Waals surface area contributed by atoms with Gasteiger partial charge in [0.2, 0.25) is 11.8 Å². The third kappa shape index (κ3) is 4.28. The third-order valence-corrected chi connectivity index (χ3v) is 4.14. The molecule has 2 atom stereocenters. The number of carbonyl (C=O) groups is 2. The Balaban J connectivity index is 1.98. The predicted octanol–water partition coefficient (Wildman–Crippen LogP) is 1.62. The van der Waals surface area contributed by atoms with Crippen LogP contribution in [0.5, 0.6) is 0 Å². The number of nitrogens with zero attached hydrogens (tertiary/aromatic N) is 1. The summed E-state index contributed by atoms with van der Waals surface area (Å²) in [6, 6.07) is 4.70. The average Bonchev–Trinajstić information content (AvgIpc) is 2.87. The minimum Gasteiger partial charge on any atom is -0.396 e. The van der Waals surface area contributed by atoms with E-state index in [9.17, 15) is 14.0 Å². The molecule has 2 unspecified atom stereocenters. The maximum Gasteiger partial charge on any atom is 0.227 e. The molecular formula is C17H23FN2O3. The molecule has 1 saturated heterocycles. The Labute approximate surface area is 135 Å². The number of hydrogen-bond donors (Lipinski definition) is 2. The van der Waals surface area contributed by atoms with Crippen molar-refractivity contribution in [3.8, 4) is 0 Å². The molecule has 1 fully saturated rings. The standard InChI is InChI=1S/C17H23FN2O3/c1-11-3-4-15(14(18)7-11)20-10-13(8-16(20)22)17(23)19-9-12(2)5-6-21/h3-4,7,12-13,21H,5-6,8-10H2,1-2H3,(H,19,23). The van der Waals surface area contributed by atoms with Crippen molar-refractivity contribution in [1.82, 2.24) is 5.32 Å². The van der Waals surface area contributed by atoms with Crippen LogP contribution in [-0.4, -0.2) is 36.6 Å². The smallest absolute Gasteiger partial charge is 0.227 e. The van der Waals surface area contributed by atoms with Gasteiger partial charge in [0.1, 0.15) is 5.82 Å². The number of halogens is 1. The summed E-state index contributed by atoms with van der Waals surface area (Å²) >= 11 is 0. The van der Waals surface area contributed by atoms with Gasteiger partial charge >= 0.3 is 0 Å². The molecule has 126 valence electrons. The van der Waals surface area contributed by atoms with Gasteiger partial charge in [-0.1, -0.05) is 13.0 Å². The minimum atomic E-state index is -0.468. The first-order valence-electron chi connectivity index (χ1n) is 7.87. The van der Waals surface area contributed by atoms with E-state index in [1.807, 2.05) is 6.92 Å². The number of aliphatic hydroxyl groups excluding tert-OH is 1. The first-order chi connectivity index (χ1) is 10.9. The number of benzene rings is 1. The highest BCUT2D eigenvalue weighted by atomic mass is 19.1. The number of aliphatic hydroxyl groups is 1. The van der Waals surface area contributed by atoms with Crippen molar-refractivity contribution in [1.29, 1.82) is 0 Å². The monoisotopic (exact) mass is 322 g/mol. The second kappa shape index (κ2) is 7.55. The van der Waals surface area contributed by atoms with Crippen molar-refractivity contribution in [2.24, 2.45) is 11.8 Å². The van der Waals surface area contributed by atoms with E-state index in [-0.39, 0.29) is 43.0 Å². The Hall–Kier alpha value is -1.95. The summed E-state index contributed by atoms with van der Waals surface area (Å²) in [5.41, 5.74) is 1.01. The van der Waals surface area contributed by atoms with Gasteiger partial charge in [0, 0.05) is 26.1 Å². The molecule has 1 heterocycles. The maximum atomic E-state index is 14.0. The molecule has 6 heteroatoms. The van der Waals surface area contributed by atoms with Gasteiger partial charge in [-0.2, -0.15) is 0 Å². The molecule has 2 amide bonds. The van der Waals surface area contributed by atoms with Crippen LogP contribution < -0.4 is 10.2 Å². The number of nitrogens with one attached hydrogen (secondary N) is 1. The highest BCUT2D eigenvalue weighted by Gasteiger charge is 2.36. The molecular weight excluding hydrogens is 299 g/mol. The summed E-state index contributed by atoms with van der Waals surface area (Å²) in [5, 5.41) is 11.7. The quantitative estimate of drug-likeness (QED) is 0.836. The highest BCUT2D eigenvalue weighted by molar-refractivity contribution is 6.00. The lowest BCUT2D eigenvalue weighted by Crippen LogP contribution is -2.35. The fourth-order valence-electron chi connectivity index (χ4n) is 2.69. The number of rotatable bonds is 6. The lowest BCUT2D eigenvalue weighted by atomic mass is 10.1. The van der Waals surface area contributed by atoms with Crippen molar-refractivity contribution in [3.05, 3.63) is 29.6 Å². The van der Waals surface area contributed by atoms with Crippen LogP contribution in [0.25, 0.3) is 0 Å². The van der Waals surface area contributed by atoms with Gasteiger partial charge in [-0.05, 0) is 37.0 Å². The van der Waals surface area contributed by atoms with E-state index in [0.717, 1.165) is 5.56 Å². The van der Waals surface area contributed by atoms with Gasteiger partial charge in [0.15, 0.2) is 0 Å². The van der Waals surface area contributed by atoms with Crippen LogP contribution >= 0.6 is 0 Å².